The minimum absolute atomic E-state index is 0.0188. The molecule has 2 N–H and O–H groups in total. The van der Waals surface area contributed by atoms with Crippen LogP contribution in [0.15, 0.2) is 18.3 Å². The summed E-state index contributed by atoms with van der Waals surface area (Å²) in [5.74, 6) is 0.818. The lowest BCUT2D eigenvalue weighted by atomic mass is 10.1. The van der Waals surface area contributed by atoms with Crippen LogP contribution in [0, 0.1) is 0 Å². The van der Waals surface area contributed by atoms with Gasteiger partial charge in [-0.05, 0) is 19.1 Å². The Kier molecular flexibility index (Phi) is 3.63. The minimum Gasteiger partial charge on any atom is -0.373 e. The molecule has 0 bridgehead atoms. The van der Waals surface area contributed by atoms with Crippen molar-refractivity contribution in [1.29, 1.82) is 0 Å². The van der Waals surface area contributed by atoms with Crippen molar-refractivity contribution >= 4 is 17.4 Å². The summed E-state index contributed by atoms with van der Waals surface area (Å²) < 4.78 is 5.59. The fourth-order valence-corrected chi connectivity index (χ4v) is 2.04. The maximum atomic E-state index is 6.11. The zero-order valence-corrected chi connectivity index (χ0v) is 10.0. The molecule has 0 saturated carbocycles. The number of hydrogen-bond acceptors (Lipinski definition) is 4. The van der Waals surface area contributed by atoms with Crippen LogP contribution >= 0.6 is 11.6 Å². The van der Waals surface area contributed by atoms with Crippen molar-refractivity contribution in [2.75, 3.05) is 24.6 Å². The van der Waals surface area contributed by atoms with Gasteiger partial charge in [-0.2, -0.15) is 0 Å². The van der Waals surface area contributed by atoms with Gasteiger partial charge >= 0.3 is 0 Å². The molecule has 5 heteroatoms. The average molecular weight is 242 g/mol. The normalized spacial score (nSPS) is 23.2. The molecule has 2 unspecified atom stereocenters. The topological polar surface area (TPSA) is 51.4 Å². The van der Waals surface area contributed by atoms with E-state index in [1.165, 1.54) is 0 Å². The van der Waals surface area contributed by atoms with Gasteiger partial charge in [-0.1, -0.05) is 11.6 Å². The highest BCUT2D eigenvalue weighted by Gasteiger charge is 2.25. The Hall–Kier alpha value is -0.840. The molecule has 1 aliphatic heterocycles. The van der Waals surface area contributed by atoms with Gasteiger partial charge in [-0.15, -0.1) is 0 Å². The van der Waals surface area contributed by atoms with E-state index < -0.39 is 0 Å². The lowest BCUT2D eigenvalue weighted by Crippen LogP contribution is -2.49. The lowest BCUT2D eigenvalue weighted by molar-refractivity contribution is 0.0273. The van der Waals surface area contributed by atoms with Crippen LogP contribution in [0.25, 0.3) is 0 Å². The van der Waals surface area contributed by atoms with Crippen LogP contribution in [-0.2, 0) is 4.74 Å². The van der Waals surface area contributed by atoms with E-state index in [0.717, 1.165) is 18.9 Å². The number of nitrogens with two attached hydrogens (primary N) is 1. The summed E-state index contributed by atoms with van der Waals surface area (Å²) in [5.41, 5.74) is 5.84. The summed E-state index contributed by atoms with van der Waals surface area (Å²) in [6, 6.07) is 3.69. The van der Waals surface area contributed by atoms with E-state index in [-0.39, 0.29) is 12.1 Å². The van der Waals surface area contributed by atoms with Crippen LogP contribution in [0.5, 0.6) is 0 Å². The Morgan fingerprint density at radius 1 is 1.69 bits per heavy atom. The van der Waals surface area contributed by atoms with Crippen molar-refractivity contribution in [2.24, 2.45) is 5.73 Å². The predicted octanol–water partition coefficient (Wildman–Crippen LogP) is 1.29. The molecule has 2 heterocycles. The highest BCUT2D eigenvalue weighted by atomic mass is 35.5. The van der Waals surface area contributed by atoms with Gasteiger partial charge in [-0.25, -0.2) is 4.98 Å². The molecule has 1 aromatic rings. The number of hydrogen-bond donors (Lipinski definition) is 1. The maximum absolute atomic E-state index is 6.11. The Labute approximate surface area is 100 Å². The Morgan fingerprint density at radius 2 is 2.50 bits per heavy atom. The van der Waals surface area contributed by atoms with Crippen molar-refractivity contribution in [3.05, 3.63) is 23.4 Å². The minimum atomic E-state index is 0.0188. The van der Waals surface area contributed by atoms with Crippen LogP contribution < -0.4 is 10.6 Å². The van der Waals surface area contributed by atoms with Gasteiger partial charge < -0.3 is 15.4 Å². The molecule has 4 nitrogen and oxygen atoms in total. The number of anilines is 1. The van der Waals surface area contributed by atoms with Gasteiger partial charge in [0.1, 0.15) is 5.82 Å². The molecule has 0 aromatic carbocycles. The lowest BCUT2D eigenvalue weighted by Gasteiger charge is -2.35. The molecule has 2 rings (SSSR count). The van der Waals surface area contributed by atoms with Crippen molar-refractivity contribution < 1.29 is 4.74 Å². The number of halogens is 1. The molecule has 0 radical (unpaired) electrons. The Balaban J connectivity index is 2.13. The Bertz CT molecular complexity index is 359. The van der Waals surface area contributed by atoms with Crippen molar-refractivity contribution in [2.45, 2.75) is 19.1 Å². The van der Waals surface area contributed by atoms with Gasteiger partial charge in [0.25, 0.3) is 0 Å². The summed E-state index contributed by atoms with van der Waals surface area (Å²) >= 11 is 6.11. The van der Waals surface area contributed by atoms with Gasteiger partial charge in [0, 0.05) is 25.3 Å². The molecule has 0 spiro atoms. The van der Waals surface area contributed by atoms with E-state index >= 15 is 0 Å². The first-order valence-corrected chi connectivity index (χ1v) is 5.79. The number of ether oxygens (including phenoxy) is 1. The van der Waals surface area contributed by atoms with Crippen LogP contribution in [0.1, 0.15) is 6.92 Å². The fraction of sp³-hybridized carbons (Fsp3) is 0.545. The molecule has 16 heavy (non-hydrogen) atoms. The highest BCUT2D eigenvalue weighted by molar-refractivity contribution is 6.32. The third-order valence-corrected chi connectivity index (χ3v) is 3.01. The average Bonchev–Trinajstić information content (AvgIpc) is 2.30. The van der Waals surface area contributed by atoms with E-state index in [4.69, 9.17) is 22.1 Å². The van der Waals surface area contributed by atoms with E-state index in [1.54, 1.807) is 6.20 Å². The maximum Gasteiger partial charge on any atom is 0.147 e. The summed E-state index contributed by atoms with van der Waals surface area (Å²) in [7, 11) is 0. The van der Waals surface area contributed by atoms with Gasteiger partial charge in [-0.3, -0.25) is 0 Å². The first kappa shape index (κ1) is 11.6. The van der Waals surface area contributed by atoms with Gasteiger partial charge in [0.15, 0.2) is 0 Å². The second kappa shape index (κ2) is 4.99. The molecule has 1 saturated heterocycles. The van der Waals surface area contributed by atoms with Crippen molar-refractivity contribution in [3.8, 4) is 0 Å². The molecule has 88 valence electrons. The van der Waals surface area contributed by atoms with Crippen LogP contribution in [0.2, 0.25) is 5.02 Å². The summed E-state index contributed by atoms with van der Waals surface area (Å²) in [6.07, 6.45) is 1.80. The highest BCUT2D eigenvalue weighted by Crippen LogP contribution is 2.24. The monoisotopic (exact) mass is 241 g/mol. The number of morpholine rings is 1. The molecule has 1 fully saturated rings. The summed E-state index contributed by atoms with van der Waals surface area (Å²) in [5, 5.41) is 0.674. The number of pyridine rings is 1. The third-order valence-electron chi connectivity index (χ3n) is 2.72. The zero-order chi connectivity index (χ0) is 11.5. The van der Waals surface area contributed by atoms with E-state index in [1.807, 2.05) is 19.1 Å². The second-order valence-electron chi connectivity index (χ2n) is 4.02. The fourth-order valence-electron chi connectivity index (χ4n) is 1.80. The van der Waals surface area contributed by atoms with Crippen molar-refractivity contribution in [1.82, 2.24) is 4.98 Å². The Morgan fingerprint density at radius 3 is 3.19 bits per heavy atom. The van der Waals surface area contributed by atoms with Crippen LogP contribution in [0.4, 0.5) is 5.82 Å². The van der Waals surface area contributed by atoms with Crippen molar-refractivity contribution in [3.63, 3.8) is 0 Å². The standard InChI is InChI=1S/C11H16ClN3O/c1-8(13)10-7-15(5-6-16-10)11-9(12)3-2-4-14-11/h2-4,8,10H,5-7,13H2,1H3. The summed E-state index contributed by atoms with van der Waals surface area (Å²) in [4.78, 5) is 6.42. The second-order valence-corrected chi connectivity index (χ2v) is 4.43. The number of rotatable bonds is 2. The first-order valence-electron chi connectivity index (χ1n) is 5.41. The number of nitrogens with zero attached hydrogens (tertiary/aromatic N) is 2. The van der Waals surface area contributed by atoms with E-state index in [9.17, 15) is 0 Å². The predicted molar refractivity (Wildman–Crippen MR) is 64.8 cm³/mol. The molecule has 2 atom stereocenters. The molecular weight excluding hydrogens is 226 g/mol. The molecule has 1 aliphatic rings. The summed E-state index contributed by atoms with van der Waals surface area (Å²) in [6.45, 7) is 4.17. The molecule has 0 aliphatic carbocycles. The van der Waals surface area contributed by atoms with Crippen LogP contribution in [-0.4, -0.2) is 36.8 Å². The SMILES string of the molecule is CC(N)C1CN(c2ncccc2Cl)CCO1. The molecule has 1 aromatic heterocycles. The van der Waals surface area contributed by atoms with Gasteiger partial charge in [0.2, 0.25) is 0 Å². The molecular formula is C11H16ClN3O. The van der Waals surface area contributed by atoms with Gasteiger partial charge in [0.05, 0.1) is 17.7 Å². The zero-order valence-electron chi connectivity index (χ0n) is 9.27. The smallest absolute Gasteiger partial charge is 0.147 e. The first-order chi connectivity index (χ1) is 7.68. The van der Waals surface area contributed by atoms with E-state index in [0.29, 0.717) is 11.6 Å². The number of aromatic nitrogens is 1. The van der Waals surface area contributed by atoms with Crippen LogP contribution in [0.3, 0.4) is 0 Å². The quantitative estimate of drug-likeness (QED) is 0.848. The third kappa shape index (κ3) is 2.45. The van der Waals surface area contributed by atoms with E-state index in [2.05, 4.69) is 9.88 Å². The molecule has 0 amide bonds. The largest absolute Gasteiger partial charge is 0.373 e.